The molecule has 0 saturated heterocycles. The van der Waals surface area contributed by atoms with Crippen LogP contribution in [0.5, 0.6) is 0 Å². The summed E-state index contributed by atoms with van der Waals surface area (Å²) in [6, 6.07) is 3.42. The number of carbonyl (C=O) groups excluding carboxylic acids is 5. The van der Waals surface area contributed by atoms with Gasteiger partial charge in [0.05, 0.1) is 39.0 Å². The van der Waals surface area contributed by atoms with E-state index in [9.17, 15) is 28.8 Å². The minimum Gasteiger partial charge on any atom is -0.469 e. The van der Waals surface area contributed by atoms with Gasteiger partial charge in [-0.3, -0.25) is 29.0 Å². The number of hydrogen-bond donors (Lipinski definition) is 3. The average Bonchev–Trinajstić information content (AvgIpc) is 3.07. The molecule has 0 radical (unpaired) electrons. The summed E-state index contributed by atoms with van der Waals surface area (Å²) < 4.78 is 9.29. The highest BCUT2D eigenvalue weighted by Gasteiger charge is 2.28. The van der Waals surface area contributed by atoms with Crippen LogP contribution in [-0.4, -0.2) is 102 Å². The zero-order valence-corrected chi connectivity index (χ0v) is 26.1. The predicted molar refractivity (Wildman–Crippen MR) is 168 cm³/mol. The molecule has 246 valence electrons. The molecule has 0 aliphatic carbocycles. The number of rotatable bonds is 15. The van der Waals surface area contributed by atoms with Crippen molar-refractivity contribution >= 4 is 59.3 Å². The normalized spacial score (nSPS) is 12.0. The van der Waals surface area contributed by atoms with Gasteiger partial charge >= 0.3 is 11.9 Å². The fourth-order valence-electron chi connectivity index (χ4n) is 4.02. The summed E-state index contributed by atoms with van der Waals surface area (Å²) >= 11 is 0. The van der Waals surface area contributed by atoms with Crippen LogP contribution in [0.15, 0.2) is 40.2 Å². The number of anilines is 1. The zero-order chi connectivity index (χ0) is 34.5. The number of aliphatic imine (C=N–C) groups is 1. The van der Waals surface area contributed by atoms with Gasteiger partial charge in [0.2, 0.25) is 18.3 Å². The molecule has 2 atom stereocenters. The van der Waals surface area contributed by atoms with Crippen molar-refractivity contribution in [2.45, 2.75) is 37.9 Å². The molecule has 0 aliphatic heterocycles. The third-order valence-electron chi connectivity index (χ3n) is 6.40. The molecule has 3 N–H and O–H groups in total. The number of amides is 3. The number of H-pyrrole nitrogens is 1. The first kappa shape index (κ1) is 35.3. The van der Waals surface area contributed by atoms with Crippen LogP contribution in [0, 0.1) is 12.3 Å². The van der Waals surface area contributed by atoms with Crippen molar-refractivity contribution in [2.24, 2.45) is 4.99 Å². The number of aromatic amines is 1. The maximum absolute atomic E-state index is 13.1. The van der Waals surface area contributed by atoms with Crippen molar-refractivity contribution in [3.05, 3.63) is 52.1 Å². The van der Waals surface area contributed by atoms with E-state index in [4.69, 9.17) is 6.42 Å². The molecule has 0 unspecified atom stereocenters. The van der Waals surface area contributed by atoms with Crippen molar-refractivity contribution in [1.29, 1.82) is 0 Å². The Hall–Kier alpha value is -6.18. The maximum Gasteiger partial charge on any atom is 0.329 e. The van der Waals surface area contributed by atoms with Crippen molar-refractivity contribution in [3.63, 3.8) is 0 Å². The van der Waals surface area contributed by atoms with Gasteiger partial charge in [-0.05, 0) is 30.7 Å². The Balaban J connectivity index is 1.75. The topological polar surface area (TPSA) is 218 Å². The van der Waals surface area contributed by atoms with Crippen LogP contribution >= 0.6 is 0 Å². The van der Waals surface area contributed by atoms with Gasteiger partial charge < -0.3 is 29.9 Å². The number of benzene rings is 1. The lowest BCUT2D eigenvalue weighted by Crippen LogP contribution is -2.51. The Morgan fingerprint density at radius 2 is 1.81 bits per heavy atom. The van der Waals surface area contributed by atoms with Crippen LogP contribution in [0.4, 0.5) is 11.6 Å². The van der Waals surface area contributed by atoms with Gasteiger partial charge in [-0.25, -0.2) is 19.8 Å². The van der Waals surface area contributed by atoms with Crippen LogP contribution in [0.25, 0.3) is 11.2 Å². The highest BCUT2D eigenvalue weighted by Crippen LogP contribution is 2.17. The first-order valence-corrected chi connectivity index (χ1v) is 14.0. The molecule has 47 heavy (non-hydrogen) atoms. The minimum absolute atomic E-state index is 0.0350. The second-order valence-corrected chi connectivity index (χ2v) is 10.0. The molecular weight excluding hydrogens is 614 g/mol. The monoisotopic (exact) mass is 647 g/mol. The molecule has 0 aliphatic rings. The molecule has 0 spiro atoms. The number of esters is 2. The molecule has 0 saturated carbocycles. The van der Waals surface area contributed by atoms with Crippen LogP contribution in [0.1, 0.15) is 35.3 Å². The summed E-state index contributed by atoms with van der Waals surface area (Å²) in [5.74, 6) is -0.498. The number of carbonyl (C=O) groups is 5. The number of ether oxygens (including phenoxy) is 2. The third kappa shape index (κ3) is 9.91. The van der Waals surface area contributed by atoms with Gasteiger partial charge in [0, 0.05) is 38.2 Å². The maximum atomic E-state index is 13.1. The Bertz CT molecular complexity index is 1750. The van der Waals surface area contributed by atoms with E-state index in [1.165, 1.54) is 48.8 Å². The zero-order valence-electron chi connectivity index (χ0n) is 26.1. The first-order valence-electron chi connectivity index (χ1n) is 14.0. The highest BCUT2D eigenvalue weighted by molar-refractivity contribution is 5.98. The summed E-state index contributed by atoms with van der Waals surface area (Å²) in [4.78, 5) is 96.6. The van der Waals surface area contributed by atoms with Gasteiger partial charge in [-0.1, -0.05) is 0 Å². The largest absolute Gasteiger partial charge is 0.469 e. The van der Waals surface area contributed by atoms with E-state index in [1.807, 2.05) is 0 Å². The van der Waals surface area contributed by atoms with Gasteiger partial charge in [0.15, 0.2) is 11.2 Å². The smallest absolute Gasteiger partial charge is 0.329 e. The van der Waals surface area contributed by atoms with Crippen LogP contribution in [-0.2, 0) is 35.2 Å². The summed E-state index contributed by atoms with van der Waals surface area (Å²) in [7, 11) is 5.84. The lowest BCUT2D eigenvalue weighted by molar-refractivity contribution is -0.145. The average molecular weight is 648 g/mol. The number of fused-ring (bicyclic) bond motifs is 1. The van der Waals surface area contributed by atoms with Crippen LogP contribution < -0.4 is 21.1 Å². The third-order valence-corrected chi connectivity index (χ3v) is 6.40. The van der Waals surface area contributed by atoms with Crippen molar-refractivity contribution in [3.8, 4) is 12.3 Å². The van der Waals surface area contributed by atoms with E-state index >= 15 is 0 Å². The van der Waals surface area contributed by atoms with E-state index < -0.39 is 41.4 Å². The number of terminal acetylenes is 1. The number of nitrogens with zero attached hydrogens (tertiary/aromatic N) is 6. The van der Waals surface area contributed by atoms with E-state index in [0.29, 0.717) is 12.1 Å². The Morgan fingerprint density at radius 1 is 1.09 bits per heavy atom. The predicted octanol–water partition coefficient (Wildman–Crippen LogP) is -0.170. The Kier molecular flexibility index (Phi) is 12.6. The summed E-state index contributed by atoms with van der Waals surface area (Å²) in [6.45, 7) is -0.0627. The molecule has 3 aromatic rings. The Morgan fingerprint density at radius 3 is 2.43 bits per heavy atom. The second kappa shape index (κ2) is 16.8. The summed E-state index contributed by atoms with van der Waals surface area (Å²) in [5, 5.41) is 4.98. The molecule has 3 rings (SSSR count). The fourth-order valence-corrected chi connectivity index (χ4v) is 4.02. The number of methoxy groups -OCH3 is 2. The summed E-state index contributed by atoms with van der Waals surface area (Å²) in [5.41, 5.74) is 0.282. The highest BCUT2D eigenvalue weighted by atomic mass is 16.5. The molecule has 0 bridgehead atoms. The van der Waals surface area contributed by atoms with Crippen LogP contribution in [0.2, 0.25) is 0 Å². The molecule has 3 amide bonds. The molecule has 1 aromatic carbocycles. The lowest BCUT2D eigenvalue weighted by Gasteiger charge is -2.21. The molecule has 0 fully saturated rings. The van der Waals surface area contributed by atoms with E-state index in [1.54, 1.807) is 19.0 Å². The van der Waals surface area contributed by atoms with Gasteiger partial charge in [0.25, 0.3) is 11.5 Å². The summed E-state index contributed by atoms with van der Waals surface area (Å²) in [6.07, 6.45) is 8.18. The van der Waals surface area contributed by atoms with E-state index in [0.717, 1.165) is 7.11 Å². The van der Waals surface area contributed by atoms with Crippen molar-refractivity contribution in [2.75, 3.05) is 33.2 Å². The van der Waals surface area contributed by atoms with Crippen LogP contribution in [0.3, 0.4) is 0 Å². The molecule has 17 nitrogen and oxygen atoms in total. The van der Waals surface area contributed by atoms with Crippen molar-refractivity contribution < 1.29 is 33.4 Å². The molecular formula is C30H33N9O8. The number of hydrogen-bond acceptors (Lipinski definition) is 12. The van der Waals surface area contributed by atoms with Gasteiger partial charge in [-0.2, -0.15) is 4.98 Å². The van der Waals surface area contributed by atoms with E-state index in [2.05, 4.69) is 51.0 Å². The number of aromatic nitrogens is 4. The quantitative estimate of drug-likeness (QED) is 0.0644. The van der Waals surface area contributed by atoms with Gasteiger partial charge in [-0.15, -0.1) is 12.3 Å². The lowest BCUT2D eigenvalue weighted by atomic mass is 10.1. The second-order valence-electron chi connectivity index (χ2n) is 10.0. The molecule has 2 aromatic heterocycles. The Labute approximate surface area is 268 Å². The minimum atomic E-state index is -1.24. The molecule has 2 heterocycles. The number of nitrogens with one attached hydrogen (secondary N) is 3. The standard InChI is InChI=1S/C30H33N9O8/c1-6-7-22(29(45)47-5)35-27(43)21(12-13-23(41)46-4)34-26(42)18-8-10-20(11-9-18)39(17-40)15-19-14-31-25-24(33-19)28(44)37-30(36-25)32-16-38(2)3/h1,8-11,14,16-17,21-22H,7,12-13,15H2,2-5H3,(H,34,42)(H,35,43)(H,31,36,37,44)/b32-16+/t21-,22-/m0/s1. The van der Waals surface area contributed by atoms with Gasteiger partial charge in [0.1, 0.15) is 12.1 Å². The van der Waals surface area contributed by atoms with E-state index in [-0.39, 0.29) is 54.2 Å². The fraction of sp³-hybridized carbons (Fsp3) is 0.333. The SMILES string of the molecule is C#CC[C@H](NC(=O)[C@H](CCC(=O)OC)NC(=O)c1ccc(N(C=O)Cc2cnc3nc(/N=C/N(C)C)[nH]c(=O)c3n2)cc1)C(=O)OC. The van der Waals surface area contributed by atoms with Crippen molar-refractivity contribution in [1.82, 2.24) is 35.5 Å². The first-order chi connectivity index (χ1) is 22.5. The molecule has 17 heteroatoms.